The van der Waals surface area contributed by atoms with Crippen LogP contribution in [0.5, 0.6) is 0 Å². The minimum absolute atomic E-state index is 0.229. The second kappa shape index (κ2) is 5.11. The Labute approximate surface area is 76.2 Å². The van der Waals surface area contributed by atoms with Gasteiger partial charge in [0.1, 0.15) is 5.03 Å². The van der Waals surface area contributed by atoms with E-state index < -0.39 is 0 Å². The van der Waals surface area contributed by atoms with E-state index in [0.29, 0.717) is 5.92 Å². The first-order chi connectivity index (χ1) is 5.83. The normalized spacial score (nSPS) is 12.8. The lowest BCUT2D eigenvalue weighted by Crippen LogP contribution is -2.03. The predicted molar refractivity (Wildman–Crippen MR) is 49.0 cm³/mol. The Bertz CT molecular complexity index is 218. The summed E-state index contributed by atoms with van der Waals surface area (Å²) in [4.78, 5) is 8.05. The van der Waals surface area contributed by atoms with Crippen LogP contribution in [-0.4, -0.2) is 27.4 Å². The first kappa shape index (κ1) is 9.48. The lowest BCUT2D eigenvalue weighted by Gasteiger charge is -2.05. The van der Waals surface area contributed by atoms with E-state index in [-0.39, 0.29) is 6.61 Å². The molecule has 4 heteroatoms. The van der Waals surface area contributed by atoms with E-state index in [4.69, 9.17) is 5.11 Å². The van der Waals surface area contributed by atoms with E-state index in [1.807, 2.05) is 6.92 Å². The van der Waals surface area contributed by atoms with Gasteiger partial charge < -0.3 is 5.11 Å². The first-order valence-corrected chi connectivity index (χ1v) is 4.81. The summed E-state index contributed by atoms with van der Waals surface area (Å²) in [5.74, 6) is 1.20. The van der Waals surface area contributed by atoms with Gasteiger partial charge >= 0.3 is 0 Å². The van der Waals surface area contributed by atoms with E-state index in [2.05, 4.69) is 9.97 Å². The lowest BCUT2D eigenvalue weighted by atomic mass is 10.2. The Morgan fingerprint density at radius 1 is 1.58 bits per heavy atom. The largest absolute Gasteiger partial charge is 0.396 e. The van der Waals surface area contributed by atoms with Crippen molar-refractivity contribution in [1.29, 1.82) is 0 Å². The number of thioether (sulfide) groups is 1. The van der Waals surface area contributed by atoms with Crippen LogP contribution in [0.25, 0.3) is 0 Å². The van der Waals surface area contributed by atoms with Crippen molar-refractivity contribution in [2.45, 2.75) is 11.9 Å². The van der Waals surface area contributed by atoms with Crippen molar-refractivity contribution in [3.63, 3.8) is 0 Å². The number of aliphatic hydroxyl groups is 1. The third-order valence-electron chi connectivity index (χ3n) is 1.37. The molecular formula is C8H12N2OS. The van der Waals surface area contributed by atoms with Crippen molar-refractivity contribution >= 4 is 11.8 Å². The summed E-state index contributed by atoms with van der Waals surface area (Å²) >= 11 is 1.62. The minimum Gasteiger partial charge on any atom is -0.396 e. The molecule has 0 saturated heterocycles. The van der Waals surface area contributed by atoms with Crippen LogP contribution in [0.3, 0.4) is 0 Å². The quantitative estimate of drug-likeness (QED) is 0.714. The number of hydrogen-bond donors (Lipinski definition) is 1. The van der Waals surface area contributed by atoms with Crippen molar-refractivity contribution in [2.75, 3.05) is 12.4 Å². The van der Waals surface area contributed by atoms with Crippen molar-refractivity contribution in [3.8, 4) is 0 Å². The van der Waals surface area contributed by atoms with Crippen LogP contribution < -0.4 is 0 Å². The Kier molecular flexibility index (Phi) is 4.04. The van der Waals surface area contributed by atoms with Crippen molar-refractivity contribution < 1.29 is 5.11 Å². The molecule has 0 spiro atoms. The zero-order chi connectivity index (χ0) is 8.81. The maximum Gasteiger partial charge on any atom is 0.114 e. The fourth-order valence-corrected chi connectivity index (χ4v) is 1.47. The third-order valence-corrected chi connectivity index (χ3v) is 2.61. The first-order valence-electron chi connectivity index (χ1n) is 3.82. The molecule has 12 heavy (non-hydrogen) atoms. The van der Waals surface area contributed by atoms with Crippen LogP contribution in [0.4, 0.5) is 0 Å². The highest BCUT2D eigenvalue weighted by Gasteiger charge is 2.01. The molecule has 0 fully saturated rings. The average Bonchev–Trinajstić information content (AvgIpc) is 2.16. The van der Waals surface area contributed by atoms with Crippen LogP contribution >= 0.6 is 11.8 Å². The summed E-state index contributed by atoms with van der Waals surface area (Å²) in [6.45, 7) is 2.23. The second-order valence-corrected chi connectivity index (χ2v) is 3.68. The van der Waals surface area contributed by atoms with Crippen molar-refractivity contribution in [2.24, 2.45) is 5.92 Å². The fraction of sp³-hybridized carbons (Fsp3) is 0.500. The number of hydrogen-bond acceptors (Lipinski definition) is 4. The fourth-order valence-electron chi connectivity index (χ4n) is 0.640. The Morgan fingerprint density at radius 3 is 3.00 bits per heavy atom. The minimum atomic E-state index is 0.229. The van der Waals surface area contributed by atoms with Gasteiger partial charge in [-0.2, -0.15) is 0 Å². The summed E-state index contributed by atoms with van der Waals surface area (Å²) in [5.41, 5.74) is 0. The molecule has 0 aliphatic heterocycles. The predicted octanol–water partition coefficient (Wildman–Crippen LogP) is 1.20. The van der Waals surface area contributed by atoms with Gasteiger partial charge in [-0.3, -0.25) is 4.98 Å². The smallest absolute Gasteiger partial charge is 0.114 e. The van der Waals surface area contributed by atoms with Crippen LogP contribution in [-0.2, 0) is 0 Å². The van der Waals surface area contributed by atoms with E-state index >= 15 is 0 Å². The van der Waals surface area contributed by atoms with Gasteiger partial charge in [0.05, 0.1) is 6.20 Å². The van der Waals surface area contributed by atoms with Gasteiger partial charge in [-0.05, 0) is 5.92 Å². The molecule has 1 aromatic rings. The standard InChI is InChI=1S/C8H12N2OS/c1-7(5-11)6-12-8-4-9-2-3-10-8/h2-4,7,11H,5-6H2,1H3. The second-order valence-electron chi connectivity index (χ2n) is 2.64. The summed E-state index contributed by atoms with van der Waals surface area (Å²) < 4.78 is 0. The molecule has 1 rings (SSSR count). The zero-order valence-corrected chi connectivity index (χ0v) is 7.79. The molecule has 1 heterocycles. The summed E-state index contributed by atoms with van der Waals surface area (Å²) in [6, 6.07) is 0. The molecule has 0 aromatic carbocycles. The molecule has 1 N–H and O–H groups in total. The van der Waals surface area contributed by atoms with Gasteiger partial charge in [-0.15, -0.1) is 11.8 Å². The Morgan fingerprint density at radius 2 is 2.42 bits per heavy atom. The van der Waals surface area contributed by atoms with E-state index in [0.717, 1.165) is 10.8 Å². The highest BCUT2D eigenvalue weighted by atomic mass is 32.2. The SMILES string of the molecule is CC(CO)CSc1cnccn1. The lowest BCUT2D eigenvalue weighted by molar-refractivity contribution is 0.250. The number of aromatic nitrogens is 2. The van der Waals surface area contributed by atoms with E-state index in [1.165, 1.54) is 0 Å². The average molecular weight is 184 g/mol. The maximum atomic E-state index is 8.76. The molecule has 3 nitrogen and oxygen atoms in total. The van der Waals surface area contributed by atoms with Gasteiger partial charge in [0.2, 0.25) is 0 Å². The molecule has 0 aliphatic carbocycles. The van der Waals surface area contributed by atoms with Gasteiger partial charge in [0, 0.05) is 24.8 Å². The van der Waals surface area contributed by atoms with E-state index in [1.54, 1.807) is 30.4 Å². The van der Waals surface area contributed by atoms with Crippen LogP contribution in [0.15, 0.2) is 23.6 Å². The topological polar surface area (TPSA) is 46.0 Å². The Balaban J connectivity index is 2.33. The number of nitrogens with zero attached hydrogens (tertiary/aromatic N) is 2. The highest BCUT2D eigenvalue weighted by Crippen LogP contribution is 2.16. The number of aliphatic hydroxyl groups excluding tert-OH is 1. The monoisotopic (exact) mass is 184 g/mol. The summed E-state index contributed by atoms with van der Waals surface area (Å²) in [6.07, 6.45) is 5.06. The van der Waals surface area contributed by atoms with Gasteiger partial charge in [0.15, 0.2) is 0 Å². The van der Waals surface area contributed by atoms with E-state index in [9.17, 15) is 0 Å². The third kappa shape index (κ3) is 3.19. The zero-order valence-electron chi connectivity index (χ0n) is 6.97. The molecule has 0 amide bonds. The Hall–Kier alpha value is -0.610. The van der Waals surface area contributed by atoms with Crippen LogP contribution in [0.1, 0.15) is 6.92 Å². The van der Waals surface area contributed by atoms with Gasteiger partial charge in [0.25, 0.3) is 0 Å². The van der Waals surface area contributed by atoms with Crippen LogP contribution in [0, 0.1) is 5.92 Å². The molecule has 0 bridgehead atoms. The van der Waals surface area contributed by atoms with Crippen molar-refractivity contribution in [1.82, 2.24) is 9.97 Å². The summed E-state index contributed by atoms with van der Waals surface area (Å²) in [5, 5.41) is 9.68. The number of rotatable bonds is 4. The molecule has 0 radical (unpaired) electrons. The molecule has 1 atom stereocenters. The highest BCUT2D eigenvalue weighted by molar-refractivity contribution is 7.99. The van der Waals surface area contributed by atoms with Crippen molar-refractivity contribution in [3.05, 3.63) is 18.6 Å². The maximum absolute atomic E-state index is 8.76. The molecule has 0 saturated carbocycles. The molecule has 1 aromatic heterocycles. The van der Waals surface area contributed by atoms with Crippen LogP contribution in [0.2, 0.25) is 0 Å². The summed E-state index contributed by atoms with van der Waals surface area (Å²) in [7, 11) is 0. The van der Waals surface area contributed by atoms with Gasteiger partial charge in [-0.25, -0.2) is 4.98 Å². The molecule has 0 aliphatic rings. The molecule has 1 unspecified atom stereocenters. The van der Waals surface area contributed by atoms with Gasteiger partial charge in [-0.1, -0.05) is 6.92 Å². The molecular weight excluding hydrogens is 172 g/mol. The molecule has 66 valence electrons.